The van der Waals surface area contributed by atoms with Crippen LogP contribution in [0.4, 0.5) is 0 Å². The molecule has 0 saturated heterocycles. The molecule has 1 atom stereocenters. The van der Waals surface area contributed by atoms with Crippen LogP contribution in [0.3, 0.4) is 0 Å². The summed E-state index contributed by atoms with van der Waals surface area (Å²) in [5.41, 5.74) is -0.558. The van der Waals surface area contributed by atoms with E-state index in [-0.39, 0.29) is 12.5 Å². The lowest BCUT2D eigenvalue weighted by atomic mass is 9.79. The van der Waals surface area contributed by atoms with Crippen LogP contribution in [-0.2, 0) is 0 Å². The molecule has 2 N–H and O–H groups in total. The molecule has 0 aromatic carbocycles. The number of hydrogen-bond donors (Lipinski definition) is 2. The Hall–Kier alpha value is -0.0800. The highest BCUT2D eigenvalue weighted by Crippen LogP contribution is 2.29. The van der Waals surface area contributed by atoms with E-state index < -0.39 is 5.60 Å². The Labute approximate surface area is 75.6 Å². The SMILES string of the molecule is CCC(CCO)C(O)(CC)CC. The fourth-order valence-electron chi connectivity index (χ4n) is 1.84. The van der Waals surface area contributed by atoms with Gasteiger partial charge < -0.3 is 10.2 Å². The lowest BCUT2D eigenvalue weighted by molar-refractivity contribution is -0.0356. The van der Waals surface area contributed by atoms with Crippen molar-refractivity contribution in [3.8, 4) is 0 Å². The van der Waals surface area contributed by atoms with Crippen LogP contribution in [-0.4, -0.2) is 22.4 Å². The molecule has 0 heterocycles. The first-order valence-electron chi connectivity index (χ1n) is 4.97. The van der Waals surface area contributed by atoms with Crippen LogP contribution in [0, 0.1) is 5.92 Å². The minimum absolute atomic E-state index is 0.181. The molecule has 0 bridgehead atoms. The van der Waals surface area contributed by atoms with E-state index in [0.717, 1.165) is 19.3 Å². The summed E-state index contributed by atoms with van der Waals surface area (Å²) in [6.07, 6.45) is 3.22. The highest BCUT2D eigenvalue weighted by molar-refractivity contribution is 4.82. The largest absolute Gasteiger partial charge is 0.396 e. The molecule has 2 heteroatoms. The van der Waals surface area contributed by atoms with Crippen molar-refractivity contribution in [2.45, 2.75) is 52.1 Å². The number of hydrogen-bond acceptors (Lipinski definition) is 2. The summed E-state index contributed by atoms with van der Waals surface area (Å²) in [5, 5.41) is 18.9. The van der Waals surface area contributed by atoms with Crippen molar-refractivity contribution >= 4 is 0 Å². The zero-order valence-electron chi connectivity index (χ0n) is 8.51. The molecule has 74 valence electrons. The van der Waals surface area contributed by atoms with Gasteiger partial charge in [0.2, 0.25) is 0 Å². The molecule has 0 radical (unpaired) electrons. The number of aliphatic hydroxyl groups excluding tert-OH is 1. The van der Waals surface area contributed by atoms with Crippen LogP contribution in [0.15, 0.2) is 0 Å². The van der Waals surface area contributed by atoms with Gasteiger partial charge in [0.15, 0.2) is 0 Å². The summed E-state index contributed by atoms with van der Waals surface area (Å²) in [7, 11) is 0. The third kappa shape index (κ3) is 2.76. The van der Waals surface area contributed by atoms with E-state index in [1.807, 2.05) is 13.8 Å². The molecule has 0 aromatic heterocycles. The normalized spacial score (nSPS) is 14.8. The first kappa shape index (κ1) is 11.9. The third-order valence-electron chi connectivity index (χ3n) is 2.95. The number of aliphatic hydroxyl groups is 2. The summed E-state index contributed by atoms with van der Waals surface area (Å²) in [6, 6.07) is 0. The zero-order chi connectivity index (χ0) is 9.61. The first-order chi connectivity index (χ1) is 5.64. The van der Waals surface area contributed by atoms with Crippen molar-refractivity contribution in [3.05, 3.63) is 0 Å². The topological polar surface area (TPSA) is 40.5 Å². The average Bonchev–Trinajstić information content (AvgIpc) is 2.13. The van der Waals surface area contributed by atoms with Crippen LogP contribution in [0.5, 0.6) is 0 Å². The Kier molecular flexibility index (Phi) is 5.51. The fraction of sp³-hybridized carbons (Fsp3) is 1.00. The van der Waals surface area contributed by atoms with E-state index in [2.05, 4.69) is 6.92 Å². The predicted octanol–water partition coefficient (Wildman–Crippen LogP) is 1.95. The molecular weight excluding hydrogens is 152 g/mol. The summed E-state index contributed by atoms with van der Waals surface area (Å²) in [5.74, 6) is 0.248. The molecule has 0 amide bonds. The van der Waals surface area contributed by atoms with Gasteiger partial charge in [-0.1, -0.05) is 27.2 Å². The summed E-state index contributed by atoms with van der Waals surface area (Å²) in [4.78, 5) is 0. The van der Waals surface area contributed by atoms with Gasteiger partial charge in [0, 0.05) is 6.61 Å². The van der Waals surface area contributed by atoms with Crippen LogP contribution < -0.4 is 0 Å². The second kappa shape index (κ2) is 5.55. The molecule has 0 rings (SSSR count). The van der Waals surface area contributed by atoms with Gasteiger partial charge in [-0.3, -0.25) is 0 Å². The van der Waals surface area contributed by atoms with Crippen molar-refractivity contribution < 1.29 is 10.2 Å². The lowest BCUT2D eigenvalue weighted by Crippen LogP contribution is -2.36. The average molecular weight is 174 g/mol. The van der Waals surface area contributed by atoms with E-state index in [9.17, 15) is 5.11 Å². The van der Waals surface area contributed by atoms with E-state index in [0.29, 0.717) is 6.42 Å². The van der Waals surface area contributed by atoms with Gasteiger partial charge in [-0.05, 0) is 25.2 Å². The number of rotatable bonds is 6. The molecule has 12 heavy (non-hydrogen) atoms. The third-order valence-corrected chi connectivity index (χ3v) is 2.95. The zero-order valence-corrected chi connectivity index (χ0v) is 8.51. The molecule has 0 fully saturated rings. The molecule has 0 aromatic rings. The highest BCUT2D eigenvalue weighted by atomic mass is 16.3. The molecule has 0 spiro atoms. The van der Waals surface area contributed by atoms with Crippen LogP contribution in [0.25, 0.3) is 0 Å². The fourth-order valence-corrected chi connectivity index (χ4v) is 1.84. The quantitative estimate of drug-likeness (QED) is 0.646. The Morgan fingerprint density at radius 3 is 1.92 bits per heavy atom. The van der Waals surface area contributed by atoms with Gasteiger partial charge >= 0.3 is 0 Å². The van der Waals surface area contributed by atoms with Gasteiger partial charge in [-0.25, -0.2) is 0 Å². The standard InChI is InChI=1S/C10H22O2/c1-4-9(7-8-11)10(12,5-2)6-3/h9,11-12H,4-8H2,1-3H3. The monoisotopic (exact) mass is 174 g/mol. The van der Waals surface area contributed by atoms with Crippen LogP contribution >= 0.6 is 0 Å². The molecule has 0 saturated carbocycles. The maximum Gasteiger partial charge on any atom is 0.0671 e. The Morgan fingerprint density at radius 2 is 1.67 bits per heavy atom. The van der Waals surface area contributed by atoms with Crippen molar-refractivity contribution in [2.75, 3.05) is 6.61 Å². The van der Waals surface area contributed by atoms with Gasteiger partial charge in [0.25, 0.3) is 0 Å². The second-order valence-corrected chi connectivity index (χ2v) is 3.43. The maximum absolute atomic E-state index is 10.1. The molecule has 0 aliphatic carbocycles. The van der Waals surface area contributed by atoms with Gasteiger partial charge in [0.1, 0.15) is 0 Å². The van der Waals surface area contributed by atoms with Gasteiger partial charge in [-0.2, -0.15) is 0 Å². The van der Waals surface area contributed by atoms with E-state index in [4.69, 9.17) is 5.11 Å². The highest BCUT2D eigenvalue weighted by Gasteiger charge is 2.31. The molecule has 1 unspecified atom stereocenters. The molecule has 2 nitrogen and oxygen atoms in total. The Bertz CT molecular complexity index is 108. The summed E-state index contributed by atoms with van der Waals surface area (Å²) < 4.78 is 0. The lowest BCUT2D eigenvalue weighted by Gasteiger charge is -2.33. The van der Waals surface area contributed by atoms with Gasteiger partial charge in [0.05, 0.1) is 5.60 Å². The summed E-state index contributed by atoms with van der Waals surface area (Å²) >= 11 is 0. The van der Waals surface area contributed by atoms with Crippen LogP contribution in [0.1, 0.15) is 46.5 Å². The smallest absolute Gasteiger partial charge is 0.0671 e. The maximum atomic E-state index is 10.1. The van der Waals surface area contributed by atoms with Gasteiger partial charge in [-0.15, -0.1) is 0 Å². The minimum atomic E-state index is -0.558. The van der Waals surface area contributed by atoms with Crippen molar-refractivity contribution in [1.29, 1.82) is 0 Å². The molecular formula is C10H22O2. The second-order valence-electron chi connectivity index (χ2n) is 3.43. The molecule has 0 aliphatic heterocycles. The van der Waals surface area contributed by atoms with Crippen molar-refractivity contribution in [2.24, 2.45) is 5.92 Å². The van der Waals surface area contributed by atoms with E-state index in [1.54, 1.807) is 0 Å². The van der Waals surface area contributed by atoms with Crippen LogP contribution in [0.2, 0.25) is 0 Å². The van der Waals surface area contributed by atoms with E-state index in [1.165, 1.54) is 0 Å². The predicted molar refractivity (Wildman–Crippen MR) is 51.0 cm³/mol. The Morgan fingerprint density at radius 1 is 1.17 bits per heavy atom. The van der Waals surface area contributed by atoms with Crippen molar-refractivity contribution in [1.82, 2.24) is 0 Å². The van der Waals surface area contributed by atoms with Crippen molar-refractivity contribution in [3.63, 3.8) is 0 Å². The minimum Gasteiger partial charge on any atom is -0.396 e. The summed E-state index contributed by atoms with van der Waals surface area (Å²) in [6.45, 7) is 6.25. The Balaban J connectivity index is 4.21. The first-order valence-corrected chi connectivity index (χ1v) is 4.97. The van der Waals surface area contributed by atoms with E-state index >= 15 is 0 Å². The molecule has 0 aliphatic rings.